The van der Waals surface area contributed by atoms with Crippen molar-refractivity contribution in [3.8, 4) is 0 Å². The maximum absolute atomic E-state index is 13.4. The molecule has 0 aliphatic carbocycles. The summed E-state index contributed by atoms with van der Waals surface area (Å²) < 4.78 is 39.9. The molecule has 1 heterocycles. The first-order chi connectivity index (χ1) is 9.28. The first kappa shape index (κ1) is 14.8. The number of hydrogen-bond acceptors (Lipinski definition) is 2. The highest BCUT2D eigenvalue weighted by molar-refractivity contribution is 5.96. The SMILES string of the molecule is CC(C)NC(=O)c1ccc(F)cc1[C@H]1CC(F)(F)CN1. The molecule has 0 unspecified atom stereocenters. The van der Waals surface area contributed by atoms with Gasteiger partial charge in [0.2, 0.25) is 0 Å². The van der Waals surface area contributed by atoms with E-state index in [2.05, 4.69) is 10.6 Å². The van der Waals surface area contributed by atoms with Crippen LogP contribution in [0, 0.1) is 5.82 Å². The van der Waals surface area contributed by atoms with Gasteiger partial charge in [0.1, 0.15) is 5.82 Å². The summed E-state index contributed by atoms with van der Waals surface area (Å²) in [4.78, 5) is 12.1. The quantitative estimate of drug-likeness (QED) is 0.897. The monoisotopic (exact) mass is 286 g/mol. The Bertz CT molecular complexity index is 517. The number of hydrogen-bond donors (Lipinski definition) is 2. The van der Waals surface area contributed by atoms with Crippen molar-refractivity contribution in [3.05, 3.63) is 35.1 Å². The highest BCUT2D eigenvalue weighted by Gasteiger charge is 2.41. The fourth-order valence-electron chi connectivity index (χ4n) is 2.30. The standard InChI is InChI=1S/C14H17F3N2O/c1-8(2)19-13(20)10-4-3-9(15)5-11(10)12-6-14(16,17)7-18-12/h3-5,8,12,18H,6-7H2,1-2H3,(H,19,20)/t12-/m1/s1. The molecule has 3 nitrogen and oxygen atoms in total. The van der Waals surface area contributed by atoms with Crippen molar-refractivity contribution in [2.24, 2.45) is 0 Å². The van der Waals surface area contributed by atoms with Crippen molar-refractivity contribution in [2.75, 3.05) is 6.54 Å². The van der Waals surface area contributed by atoms with E-state index in [1.165, 1.54) is 6.07 Å². The van der Waals surface area contributed by atoms with Gasteiger partial charge in [-0.2, -0.15) is 0 Å². The van der Waals surface area contributed by atoms with Crippen LogP contribution in [0.3, 0.4) is 0 Å². The number of carbonyl (C=O) groups excluding carboxylic acids is 1. The molecule has 1 fully saturated rings. The molecule has 2 rings (SSSR count). The van der Waals surface area contributed by atoms with Gasteiger partial charge in [-0.15, -0.1) is 0 Å². The van der Waals surface area contributed by atoms with E-state index in [0.717, 1.165) is 12.1 Å². The third-order valence-corrected chi connectivity index (χ3v) is 3.16. The molecule has 0 aromatic heterocycles. The first-order valence-corrected chi connectivity index (χ1v) is 6.50. The average molecular weight is 286 g/mol. The molecule has 1 aromatic carbocycles. The molecule has 2 N–H and O–H groups in total. The van der Waals surface area contributed by atoms with E-state index in [-0.39, 0.29) is 23.1 Å². The predicted octanol–water partition coefficient (Wildman–Crippen LogP) is 2.63. The van der Waals surface area contributed by atoms with Crippen molar-refractivity contribution in [1.29, 1.82) is 0 Å². The molecule has 0 saturated carbocycles. The maximum atomic E-state index is 13.4. The van der Waals surface area contributed by atoms with Crippen LogP contribution >= 0.6 is 0 Å². The molecule has 1 amide bonds. The topological polar surface area (TPSA) is 41.1 Å². The number of nitrogens with one attached hydrogen (secondary N) is 2. The van der Waals surface area contributed by atoms with Gasteiger partial charge in [0, 0.05) is 24.1 Å². The van der Waals surface area contributed by atoms with Crippen LogP contribution in [-0.4, -0.2) is 24.4 Å². The van der Waals surface area contributed by atoms with E-state index in [9.17, 15) is 18.0 Å². The minimum Gasteiger partial charge on any atom is -0.350 e. The maximum Gasteiger partial charge on any atom is 0.262 e. The number of halogens is 3. The van der Waals surface area contributed by atoms with Crippen LogP contribution in [0.5, 0.6) is 0 Å². The summed E-state index contributed by atoms with van der Waals surface area (Å²) in [6.45, 7) is 3.13. The Morgan fingerprint density at radius 3 is 2.70 bits per heavy atom. The molecule has 0 bridgehead atoms. The summed E-state index contributed by atoms with van der Waals surface area (Å²) in [6, 6.07) is 2.84. The Morgan fingerprint density at radius 1 is 1.45 bits per heavy atom. The lowest BCUT2D eigenvalue weighted by molar-refractivity contribution is 0.0209. The van der Waals surface area contributed by atoms with E-state index in [0.29, 0.717) is 0 Å². The molecule has 1 atom stereocenters. The second-order valence-corrected chi connectivity index (χ2v) is 5.35. The second-order valence-electron chi connectivity index (χ2n) is 5.35. The Labute approximate surface area is 115 Å². The van der Waals surface area contributed by atoms with Crippen LogP contribution in [0.15, 0.2) is 18.2 Å². The zero-order chi connectivity index (χ0) is 14.9. The summed E-state index contributed by atoms with van der Waals surface area (Å²) in [5.41, 5.74) is 0.510. The van der Waals surface area contributed by atoms with Crippen molar-refractivity contribution in [1.82, 2.24) is 10.6 Å². The molecule has 1 aliphatic rings. The van der Waals surface area contributed by atoms with Crippen molar-refractivity contribution < 1.29 is 18.0 Å². The molecule has 110 valence electrons. The molecule has 0 spiro atoms. The summed E-state index contributed by atoms with van der Waals surface area (Å²) in [7, 11) is 0. The molecule has 20 heavy (non-hydrogen) atoms. The highest BCUT2D eigenvalue weighted by atomic mass is 19.3. The lowest BCUT2D eigenvalue weighted by Crippen LogP contribution is -2.31. The number of benzene rings is 1. The number of alkyl halides is 2. The van der Waals surface area contributed by atoms with Crippen molar-refractivity contribution in [2.45, 2.75) is 38.3 Å². The van der Waals surface area contributed by atoms with E-state index in [4.69, 9.17) is 0 Å². The van der Waals surface area contributed by atoms with Crippen LogP contribution in [-0.2, 0) is 0 Å². The van der Waals surface area contributed by atoms with Gasteiger partial charge in [0.15, 0.2) is 0 Å². The molecule has 1 saturated heterocycles. The van der Waals surface area contributed by atoms with E-state index in [1.807, 2.05) is 0 Å². The normalized spacial score (nSPS) is 21.2. The van der Waals surface area contributed by atoms with Gasteiger partial charge in [-0.3, -0.25) is 4.79 Å². The van der Waals surface area contributed by atoms with Gasteiger partial charge in [0.05, 0.1) is 6.54 Å². The number of carbonyl (C=O) groups is 1. The van der Waals surface area contributed by atoms with Gasteiger partial charge in [0.25, 0.3) is 11.8 Å². The summed E-state index contributed by atoms with van der Waals surface area (Å²) >= 11 is 0. The second kappa shape index (κ2) is 5.44. The lowest BCUT2D eigenvalue weighted by Gasteiger charge is -2.17. The minimum atomic E-state index is -2.83. The number of rotatable bonds is 3. The Morgan fingerprint density at radius 2 is 2.15 bits per heavy atom. The van der Waals surface area contributed by atoms with Crippen molar-refractivity contribution in [3.63, 3.8) is 0 Å². The van der Waals surface area contributed by atoms with E-state index >= 15 is 0 Å². The van der Waals surface area contributed by atoms with Gasteiger partial charge < -0.3 is 10.6 Å². The van der Waals surface area contributed by atoms with E-state index < -0.39 is 30.7 Å². The fourth-order valence-corrected chi connectivity index (χ4v) is 2.30. The van der Waals surface area contributed by atoms with Gasteiger partial charge >= 0.3 is 0 Å². The molecule has 1 aliphatic heterocycles. The van der Waals surface area contributed by atoms with Gasteiger partial charge in [-0.1, -0.05) is 0 Å². The largest absolute Gasteiger partial charge is 0.350 e. The van der Waals surface area contributed by atoms with Crippen LogP contribution in [0.25, 0.3) is 0 Å². The number of amides is 1. The minimum absolute atomic E-state index is 0.0848. The van der Waals surface area contributed by atoms with Crippen molar-refractivity contribution >= 4 is 5.91 Å². The average Bonchev–Trinajstić information content (AvgIpc) is 2.68. The summed E-state index contributed by atoms with van der Waals surface area (Å²) in [5, 5.41) is 5.33. The Hall–Kier alpha value is -1.56. The lowest BCUT2D eigenvalue weighted by atomic mass is 9.97. The zero-order valence-electron chi connectivity index (χ0n) is 11.3. The van der Waals surface area contributed by atoms with Gasteiger partial charge in [-0.05, 0) is 37.6 Å². The zero-order valence-corrected chi connectivity index (χ0v) is 11.3. The van der Waals surface area contributed by atoms with Crippen LogP contribution in [0.4, 0.5) is 13.2 Å². The van der Waals surface area contributed by atoms with Crippen LogP contribution < -0.4 is 10.6 Å². The molecule has 6 heteroatoms. The summed E-state index contributed by atoms with van der Waals surface area (Å²) in [6.07, 6.45) is -0.432. The molecular formula is C14H17F3N2O. The molecular weight excluding hydrogens is 269 g/mol. The van der Waals surface area contributed by atoms with Crippen LogP contribution in [0.2, 0.25) is 0 Å². The third-order valence-electron chi connectivity index (χ3n) is 3.16. The highest BCUT2D eigenvalue weighted by Crippen LogP contribution is 2.35. The first-order valence-electron chi connectivity index (χ1n) is 6.50. The Balaban J connectivity index is 2.32. The summed E-state index contributed by atoms with van der Waals surface area (Å²) in [5.74, 6) is -3.76. The third kappa shape index (κ3) is 3.30. The molecule has 1 aromatic rings. The smallest absolute Gasteiger partial charge is 0.262 e. The van der Waals surface area contributed by atoms with E-state index in [1.54, 1.807) is 13.8 Å². The Kier molecular flexibility index (Phi) is 4.04. The molecule has 0 radical (unpaired) electrons. The van der Waals surface area contributed by atoms with Gasteiger partial charge in [-0.25, -0.2) is 13.2 Å². The fraction of sp³-hybridized carbons (Fsp3) is 0.500. The predicted molar refractivity (Wildman–Crippen MR) is 69.3 cm³/mol. The van der Waals surface area contributed by atoms with Crippen LogP contribution in [0.1, 0.15) is 42.2 Å².